The Balaban J connectivity index is 2.46. The standard InChI is InChI=1S/C15H28N2O3/c1-10(2)13(18)8-16-14(19)12-6-5-7-17(9-12)15(20)11(3)4/h10-13,18H,5-9H2,1-4H3,(H,16,19). The molecule has 0 bridgehead atoms. The molecule has 116 valence electrons. The van der Waals surface area contributed by atoms with Gasteiger partial charge in [-0.2, -0.15) is 0 Å². The fourth-order valence-corrected chi connectivity index (χ4v) is 2.34. The normalized spacial score (nSPS) is 21.1. The summed E-state index contributed by atoms with van der Waals surface area (Å²) in [5.74, 6) is 0.0155. The monoisotopic (exact) mass is 284 g/mol. The summed E-state index contributed by atoms with van der Waals surface area (Å²) in [4.78, 5) is 25.9. The minimum atomic E-state index is -0.518. The van der Waals surface area contributed by atoms with E-state index in [1.165, 1.54) is 0 Å². The third kappa shape index (κ3) is 4.78. The van der Waals surface area contributed by atoms with Crippen LogP contribution in [-0.2, 0) is 9.59 Å². The molecule has 2 amide bonds. The summed E-state index contributed by atoms with van der Waals surface area (Å²) in [7, 11) is 0. The molecule has 0 aromatic carbocycles. The lowest BCUT2D eigenvalue weighted by Crippen LogP contribution is -2.47. The lowest BCUT2D eigenvalue weighted by atomic mass is 9.96. The van der Waals surface area contributed by atoms with Gasteiger partial charge in [-0.15, -0.1) is 0 Å². The van der Waals surface area contributed by atoms with Gasteiger partial charge in [-0.1, -0.05) is 27.7 Å². The van der Waals surface area contributed by atoms with Gasteiger partial charge in [0.1, 0.15) is 0 Å². The van der Waals surface area contributed by atoms with Crippen LogP contribution in [0, 0.1) is 17.8 Å². The zero-order valence-corrected chi connectivity index (χ0v) is 13.1. The van der Waals surface area contributed by atoms with Crippen molar-refractivity contribution in [2.24, 2.45) is 17.8 Å². The average molecular weight is 284 g/mol. The number of nitrogens with zero attached hydrogens (tertiary/aromatic N) is 1. The number of carbonyl (C=O) groups excluding carboxylic acids is 2. The van der Waals surface area contributed by atoms with E-state index >= 15 is 0 Å². The first-order valence-electron chi connectivity index (χ1n) is 7.57. The van der Waals surface area contributed by atoms with Crippen molar-refractivity contribution in [2.75, 3.05) is 19.6 Å². The Morgan fingerprint density at radius 2 is 1.95 bits per heavy atom. The molecular formula is C15H28N2O3. The van der Waals surface area contributed by atoms with E-state index in [4.69, 9.17) is 0 Å². The van der Waals surface area contributed by atoms with E-state index in [0.29, 0.717) is 6.54 Å². The molecule has 5 nitrogen and oxygen atoms in total. The number of piperidine rings is 1. The zero-order valence-electron chi connectivity index (χ0n) is 13.1. The van der Waals surface area contributed by atoms with Crippen molar-refractivity contribution in [3.8, 4) is 0 Å². The molecule has 2 atom stereocenters. The van der Waals surface area contributed by atoms with Crippen LogP contribution >= 0.6 is 0 Å². The molecule has 5 heteroatoms. The predicted molar refractivity (Wildman–Crippen MR) is 78.0 cm³/mol. The van der Waals surface area contributed by atoms with Crippen LogP contribution in [0.5, 0.6) is 0 Å². The number of likely N-dealkylation sites (tertiary alicyclic amines) is 1. The van der Waals surface area contributed by atoms with E-state index in [1.807, 2.05) is 27.7 Å². The van der Waals surface area contributed by atoms with Crippen LogP contribution in [0.2, 0.25) is 0 Å². The Bertz CT molecular complexity index is 342. The highest BCUT2D eigenvalue weighted by molar-refractivity contribution is 5.82. The summed E-state index contributed by atoms with van der Waals surface area (Å²) >= 11 is 0. The maximum absolute atomic E-state index is 12.1. The van der Waals surface area contributed by atoms with Gasteiger partial charge in [0, 0.05) is 25.6 Å². The molecule has 2 N–H and O–H groups in total. The van der Waals surface area contributed by atoms with Crippen molar-refractivity contribution in [2.45, 2.75) is 46.6 Å². The van der Waals surface area contributed by atoms with E-state index in [1.54, 1.807) is 4.90 Å². The topological polar surface area (TPSA) is 69.6 Å². The lowest BCUT2D eigenvalue weighted by Gasteiger charge is -2.33. The molecule has 0 spiro atoms. The van der Waals surface area contributed by atoms with Crippen LogP contribution in [0.15, 0.2) is 0 Å². The number of amides is 2. The molecule has 0 aromatic heterocycles. The van der Waals surface area contributed by atoms with Crippen molar-refractivity contribution < 1.29 is 14.7 Å². The summed E-state index contributed by atoms with van der Waals surface area (Å²) in [6.45, 7) is 9.12. The second kappa shape index (κ2) is 7.62. The largest absolute Gasteiger partial charge is 0.391 e. The minimum Gasteiger partial charge on any atom is -0.391 e. The van der Waals surface area contributed by atoms with Gasteiger partial charge in [-0.05, 0) is 18.8 Å². The fourth-order valence-electron chi connectivity index (χ4n) is 2.34. The quantitative estimate of drug-likeness (QED) is 0.792. The van der Waals surface area contributed by atoms with Crippen LogP contribution < -0.4 is 5.32 Å². The average Bonchev–Trinajstić information content (AvgIpc) is 2.43. The van der Waals surface area contributed by atoms with Crippen molar-refractivity contribution in [3.05, 3.63) is 0 Å². The summed E-state index contributed by atoms with van der Waals surface area (Å²) in [6, 6.07) is 0. The van der Waals surface area contributed by atoms with Crippen LogP contribution in [-0.4, -0.2) is 47.6 Å². The third-order valence-electron chi connectivity index (χ3n) is 3.85. The Kier molecular flexibility index (Phi) is 6.46. The number of nitrogens with one attached hydrogen (secondary N) is 1. The van der Waals surface area contributed by atoms with Gasteiger partial charge < -0.3 is 15.3 Å². The number of rotatable bonds is 5. The first-order chi connectivity index (χ1) is 9.32. The van der Waals surface area contributed by atoms with Gasteiger partial charge in [0.25, 0.3) is 0 Å². The van der Waals surface area contributed by atoms with Gasteiger partial charge in [-0.3, -0.25) is 9.59 Å². The fraction of sp³-hybridized carbons (Fsp3) is 0.867. The van der Waals surface area contributed by atoms with Gasteiger partial charge in [0.05, 0.1) is 12.0 Å². The first-order valence-corrected chi connectivity index (χ1v) is 7.57. The Labute approximate surface area is 121 Å². The number of carbonyl (C=O) groups is 2. The van der Waals surface area contributed by atoms with Crippen LogP contribution in [0.3, 0.4) is 0 Å². The molecule has 1 aliphatic rings. The first kappa shape index (κ1) is 17.0. The highest BCUT2D eigenvalue weighted by Gasteiger charge is 2.29. The van der Waals surface area contributed by atoms with Gasteiger partial charge in [0.15, 0.2) is 0 Å². The minimum absolute atomic E-state index is 0.0282. The zero-order chi connectivity index (χ0) is 15.3. The Morgan fingerprint density at radius 3 is 2.50 bits per heavy atom. The highest BCUT2D eigenvalue weighted by atomic mass is 16.3. The molecule has 1 saturated heterocycles. The SMILES string of the molecule is CC(C)C(=O)N1CCCC(C(=O)NCC(O)C(C)C)C1. The Morgan fingerprint density at radius 1 is 1.30 bits per heavy atom. The van der Waals surface area contributed by atoms with E-state index < -0.39 is 6.10 Å². The summed E-state index contributed by atoms with van der Waals surface area (Å²) in [5, 5.41) is 12.5. The number of aliphatic hydroxyl groups excluding tert-OH is 1. The van der Waals surface area contributed by atoms with Crippen molar-refractivity contribution in [1.29, 1.82) is 0 Å². The number of aliphatic hydroxyl groups is 1. The molecule has 1 heterocycles. The van der Waals surface area contributed by atoms with E-state index in [9.17, 15) is 14.7 Å². The maximum atomic E-state index is 12.1. The number of hydrogen-bond donors (Lipinski definition) is 2. The molecular weight excluding hydrogens is 256 g/mol. The van der Waals surface area contributed by atoms with Gasteiger partial charge in [0.2, 0.25) is 11.8 Å². The second-order valence-electron chi connectivity index (χ2n) is 6.33. The molecule has 0 aromatic rings. The summed E-state index contributed by atoms with van der Waals surface area (Å²) < 4.78 is 0. The van der Waals surface area contributed by atoms with Gasteiger partial charge in [-0.25, -0.2) is 0 Å². The highest BCUT2D eigenvalue weighted by Crippen LogP contribution is 2.18. The predicted octanol–water partition coefficient (Wildman–Crippen LogP) is 1.01. The van der Waals surface area contributed by atoms with Crippen molar-refractivity contribution >= 4 is 11.8 Å². The summed E-state index contributed by atoms with van der Waals surface area (Å²) in [5.41, 5.74) is 0. The molecule has 20 heavy (non-hydrogen) atoms. The van der Waals surface area contributed by atoms with E-state index in [2.05, 4.69) is 5.32 Å². The molecule has 1 aliphatic heterocycles. The smallest absolute Gasteiger partial charge is 0.225 e. The lowest BCUT2D eigenvalue weighted by molar-refractivity contribution is -0.138. The summed E-state index contributed by atoms with van der Waals surface area (Å²) in [6.07, 6.45) is 1.16. The third-order valence-corrected chi connectivity index (χ3v) is 3.85. The molecule has 0 aliphatic carbocycles. The van der Waals surface area contributed by atoms with Crippen LogP contribution in [0.25, 0.3) is 0 Å². The van der Waals surface area contributed by atoms with E-state index in [0.717, 1.165) is 19.4 Å². The molecule has 2 unspecified atom stereocenters. The molecule has 0 radical (unpaired) electrons. The molecule has 0 saturated carbocycles. The van der Waals surface area contributed by atoms with Crippen molar-refractivity contribution in [3.63, 3.8) is 0 Å². The second-order valence-corrected chi connectivity index (χ2v) is 6.33. The maximum Gasteiger partial charge on any atom is 0.225 e. The molecule has 1 rings (SSSR count). The van der Waals surface area contributed by atoms with Gasteiger partial charge >= 0.3 is 0 Å². The van der Waals surface area contributed by atoms with Crippen LogP contribution in [0.1, 0.15) is 40.5 Å². The Hall–Kier alpha value is -1.10. The molecule has 1 fully saturated rings. The van der Waals surface area contributed by atoms with Crippen molar-refractivity contribution in [1.82, 2.24) is 10.2 Å². The number of hydrogen-bond acceptors (Lipinski definition) is 3. The van der Waals surface area contributed by atoms with E-state index in [-0.39, 0.29) is 36.1 Å². The van der Waals surface area contributed by atoms with Crippen LogP contribution in [0.4, 0.5) is 0 Å².